The van der Waals surface area contributed by atoms with Crippen molar-refractivity contribution in [2.45, 2.75) is 52.6 Å². The number of rotatable bonds is 5. The van der Waals surface area contributed by atoms with Gasteiger partial charge in [0.2, 0.25) is 0 Å². The van der Waals surface area contributed by atoms with Crippen LogP contribution in [-0.4, -0.2) is 23.0 Å². The first kappa shape index (κ1) is 16.6. The van der Waals surface area contributed by atoms with Crippen LogP contribution in [0.2, 0.25) is 0 Å². The first-order chi connectivity index (χ1) is 5.60. The average molecular weight is 323 g/mol. The summed E-state index contributed by atoms with van der Waals surface area (Å²) in [6, 6.07) is 0. The molecule has 0 aliphatic heterocycles. The van der Waals surface area contributed by atoms with E-state index >= 15 is 0 Å². The Morgan fingerprint density at radius 2 is 1.85 bits per heavy atom. The predicted octanol–water partition coefficient (Wildman–Crippen LogP) is 2.41. The monoisotopic (exact) mass is 324 g/mol. The van der Waals surface area contributed by atoms with Gasteiger partial charge in [-0.05, 0) is 26.7 Å². The van der Waals surface area contributed by atoms with Crippen LogP contribution in [0, 0.1) is 49.4 Å². The van der Waals surface area contributed by atoms with Gasteiger partial charge in [-0.2, -0.15) is 0 Å². The number of hydrogen-bond acceptors (Lipinski definition) is 2. The molecule has 0 fully saturated rings. The molecule has 0 rings (SSSR count). The van der Waals surface area contributed by atoms with Crippen LogP contribution < -0.4 is 0 Å². The van der Waals surface area contributed by atoms with Crippen LogP contribution in [0.25, 0.3) is 0 Å². The van der Waals surface area contributed by atoms with Crippen molar-refractivity contribution in [1.29, 1.82) is 0 Å². The summed E-state index contributed by atoms with van der Waals surface area (Å²) >= 11 is 0. The van der Waals surface area contributed by atoms with Gasteiger partial charge in [0, 0.05) is 61.6 Å². The van der Waals surface area contributed by atoms with E-state index in [1.807, 2.05) is 20.8 Å². The number of aliphatic imine (C=N–C) groups is 1. The predicted molar refractivity (Wildman–Crippen MR) is 53.8 cm³/mol. The van der Waals surface area contributed by atoms with Gasteiger partial charge in [-0.1, -0.05) is 20.3 Å². The van der Waals surface area contributed by atoms with Gasteiger partial charge in [0.15, 0.2) is 0 Å². The molecule has 13 heavy (non-hydrogen) atoms. The summed E-state index contributed by atoms with van der Waals surface area (Å²) in [5.74, 6) is 0. The largest absolute Gasteiger partial charge is 0.384 e. The molecular weight excluding hydrogens is 302 g/mol. The third-order valence-electron chi connectivity index (χ3n) is 2.32. The maximum atomic E-state index is 10.1. The molecule has 1 radical (unpaired) electrons. The fraction of sp³-hybridized carbons (Fsp3) is 0.900. The normalized spacial score (nSPS) is 16.2. The third kappa shape index (κ3) is 5.61. The molecular formula is C10H21EuNO. The Kier molecular flexibility index (Phi) is 10.9. The van der Waals surface area contributed by atoms with E-state index in [1.54, 1.807) is 0 Å². The van der Waals surface area contributed by atoms with E-state index in [0.29, 0.717) is 0 Å². The Balaban J connectivity index is 0. The van der Waals surface area contributed by atoms with E-state index in [0.717, 1.165) is 31.5 Å². The average Bonchev–Trinajstić information content (AvgIpc) is 2.05. The Morgan fingerprint density at radius 1 is 1.31 bits per heavy atom. The zero-order valence-electron chi connectivity index (χ0n) is 9.10. The van der Waals surface area contributed by atoms with Gasteiger partial charge >= 0.3 is 0 Å². The first-order valence-corrected chi connectivity index (χ1v) is 4.84. The van der Waals surface area contributed by atoms with Crippen LogP contribution in [0.5, 0.6) is 0 Å². The van der Waals surface area contributed by atoms with E-state index in [-0.39, 0.29) is 49.4 Å². The van der Waals surface area contributed by atoms with Gasteiger partial charge < -0.3 is 5.11 Å². The smallest absolute Gasteiger partial charge is 0.102 e. The molecule has 0 bridgehead atoms. The summed E-state index contributed by atoms with van der Waals surface area (Å²) in [4.78, 5) is 4.25. The summed E-state index contributed by atoms with van der Waals surface area (Å²) in [7, 11) is 0. The second kappa shape index (κ2) is 8.52. The second-order valence-corrected chi connectivity index (χ2v) is 3.19. The Labute approximate surface area is 123 Å². The molecule has 0 aromatic carbocycles. The van der Waals surface area contributed by atoms with Crippen molar-refractivity contribution in [3.05, 3.63) is 0 Å². The van der Waals surface area contributed by atoms with Gasteiger partial charge in [0.05, 0.1) is 0 Å². The zero-order chi connectivity index (χ0) is 9.61. The minimum atomic E-state index is -0.648. The number of aliphatic hydroxyl groups is 1. The molecule has 0 aliphatic carbocycles. The van der Waals surface area contributed by atoms with Gasteiger partial charge in [-0.15, -0.1) is 0 Å². The molecule has 0 aromatic heterocycles. The molecule has 0 spiro atoms. The molecule has 79 valence electrons. The van der Waals surface area contributed by atoms with Gasteiger partial charge in [0.25, 0.3) is 0 Å². The Hall–Kier alpha value is 1.21. The Morgan fingerprint density at radius 3 is 2.15 bits per heavy atom. The van der Waals surface area contributed by atoms with Crippen molar-refractivity contribution in [1.82, 2.24) is 0 Å². The molecule has 3 heteroatoms. The fourth-order valence-electron chi connectivity index (χ4n) is 1.41. The van der Waals surface area contributed by atoms with Crippen molar-refractivity contribution in [3.63, 3.8) is 0 Å². The van der Waals surface area contributed by atoms with Crippen LogP contribution in [0.1, 0.15) is 47.0 Å². The molecule has 0 saturated carbocycles. The second-order valence-electron chi connectivity index (χ2n) is 3.19. The quantitative estimate of drug-likeness (QED) is 0.775. The first-order valence-electron chi connectivity index (χ1n) is 4.84. The summed E-state index contributed by atoms with van der Waals surface area (Å²) in [6.07, 6.45) is 2.58. The van der Waals surface area contributed by atoms with E-state index < -0.39 is 5.60 Å². The van der Waals surface area contributed by atoms with E-state index in [4.69, 9.17) is 0 Å². The maximum Gasteiger partial charge on any atom is 0.102 e. The minimum absolute atomic E-state index is 0. The van der Waals surface area contributed by atoms with E-state index in [2.05, 4.69) is 11.9 Å². The van der Waals surface area contributed by atoms with Crippen molar-refractivity contribution >= 4 is 5.71 Å². The van der Waals surface area contributed by atoms with Gasteiger partial charge in [0.1, 0.15) is 5.60 Å². The molecule has 1 atom stereocenters. The number of nitrogens with zero attached hydrogens (tertiary/aromatic N) is 1. The molecule has 2 nitrogen and oxygen atoms in total. The van der Waals surface area contributed by atoms with Crippen LogP contribution in [-0.2, 0) is 0 Å². The molecule has 1 unspecified atom stereocenters. The van der Waals surface area contributed by atoms with Crippen molar-refractivity contribution in [2.24, 2.45) is 4.99 Å². The topological polar surface area (TPSA) is 32.6 Å². The fourth-order valence-corrected chi connectivity index (χ4v) is 1.41. The van der Waals surface area contributed by atoms with Gasteiger partial charge in [-0.25, -0.2) is 0 Å². The van der Waals surface area contributed by atoms with E-state index in [9.17, 15) is 5.11 Å². The standard InChI is InChI=1S/C10H21NO.Eu/c1-5-8-10(12,6-2)9(4)11-7-3;/h12H,5-8H2,1-4H3;. The summed E-state index contributed by atoms with van der Waals surface area (Å²) < 4.78 is 0. The summed E-state index contributed by atoms with van der Waals surface area (Å²) in [5.41, 5.74) is 0.236. The molecule has 0 heterocycles. The van der Waals surface area contributed by atoms with Gasteiger partial charge in [-0.3, -0.25) is 4.99 Å². The van der Waals surface area contributed by atoms with Crippen LogP contribution >= 0.6 is 0 Å². The molecule has 0 saturated heterocycles. The SMILES string of the molecule is CCCC(O)(CC)C(C)=NCC.[Eu]. The molecule has 0 amide bonds. The molecule has 1 N–H and O–H groups in total. The maximum absolute atomic E-state index is 10.1. The third-order valence-corrected chi connectivity index (χ3v) is 2.32. The zero-order valence-corrected chi connectivity index (χ0v) is 11.5. The van der Waals surface area contributed by atoms with Crippen molar-refractivity contribution < 1.29 is 54.5 Å². The number of hydrogen-bond donors (Lipinski definition) is 1. The van der Waals surface area contributed by atoms with Crippen molar-refractivity contribution in [3.8, 4) is 0 Å². The van der Waals surface area contributed by atoms with E-state index in [1.165, 1.54) is 0 Å². The molecule has 0 aliphatic rings. The molecule has 0 aromatic rings. The van der Waals surface area contributed by atoms with Crippen molar-refractivity contribution in [2.75, 3.05) is 6.54 Å². The summed E-state index contributed by atoms with van der Waals surface area (Å²) in [5, 5.41) is 10.1. The summed E-state index contributed by atoms with van der Waals surface area (Å²) in [6.45, 7) is 8.76. The Bertz CT molecular complexity index is 159. The minimum Gasteiger partial charge on any atom is -0.384 e. The van der Waals surface area contributed by atoms with Crippen LogP contribution in [0.3, 0.4) is 0 Å². The van der Waals surface area contributed by atoms with Crippen LogP contribution in [0.15, 0.2) is 4.99 Å². The van der Waals surface area contributed by atoms with Crippen LogP contribution in [0.4, 0.5) is 0 Å².